The van der Waals surface area contributed by atoms with Crippen molar-refractivity contribution in [2.24, 2.45) is 0 Å². The van der Waals surface area contributed by atoms with Gasteiger partial charge < -0.3 is 15.7 Å². The molecule has 0 aliphatic carbocycles. The zero-order chi connectivity index (χ0) is 19.6. The Morgan fingerprint density at radius 1 is 1.27 bits per heavy atom. The summed E-state index contributed by atoms with van der Waals surface area (Å²) >= 11 is 6.17. The Kier molecular flexibility index (Phi) is 6.05. The number of amides is 3. The largest absolute Gasteiger partial charge is 0.374 e. The fourth-order valence-corrected chi connectivity index (χ4v) is 2.77. The van der Waals surface area contributed by atoms with Crippen LogP contribution in [0, 0.1) is 0 Å². The zero-order valence-electron chi connectivity index (χ0n) is 15.1. The van der Waals surface area contributed by atoms with Crippen LogP contribution in [-0.2, 0) is 14.4 Å². The van der Waals surface area contributed by atoms with Gasteiger partial charge in [-0.1, -0.05) is 17.2 Å². The van der Waals surface area contributed by atoms with E-state index in [0.29, 0.717) is 22.0 Å². The molecule has 1 saturated heterocycles. The third-order valence-corrected chi connectivity index (χ3v) is 4.30. The molecule has 3 amide bonds. The number of allylic oxidation sites excluding steroid dienone is 1. The lowest BCUT2D eigenvalue weighted by molar-refractivity contribution is -0.124. The average Bonchev–Trinajstić information content (AvgIpc) is 2.84. The monoisotopic (exact) mass is 379 g/mol. The van der Waals surface area contributed by atoms with Crippen molar-refractivity contribution in [3.63, 3.8) is 0 Å². The third kappa shape index (κ3) is 4.23. The van der Waals surface area contributed by atoms with Gasteiger partial charge in [-0.25, -0.2) is 4.90 Å². The van der Waals surface area contributed by atoms with E-state index in [1.54, 1.807) is 39.0 Å². The number of aliphatic hydroxyl groups excluding tert-OH is 1. The van der Waals surface area contributed by atoms with Gasteiger partial charge in [0.05, 0.1) is 22.8 Å². The summed E-state index contributed by atoms with van der Waals surface area (Å²) in [6.07, 6.45) is -0.907. The summed E-state index contributed by atoms with van der Waals surface area (Å²) in [5, 5.41) is 14.9. The van der Waals surface area contributed by atoms with Crippen molar-refractivity contribution in [3.8, 4) is 0 Å². The number of benzene rings is 1. The summed E-state index contributed by atoms with van der Waals surface area (Å²) in [6.45, 7) is 6.63. The minimum atomic E-state index is -0.976. The van der Waals surface area contributed by atoms with E-state index < -0.39 is 18.2 Å². The first kappa shape index (κ1) is 19.9. The molecule has 1 aromatic rings. The fourth-order valence-electron chi connectivity index (χ4n) is 2.60. The lowest BCUT2D eigenvalue weighted by atomic mass is 10.1. The summed E-state index contributed by atoms with van der Waals surface area (Å²) in [5.74, 6) is -1.07. The van der Waals surface area contributed by atoms with Crippen molar-refractivity contribution >= 4 is 40.7 Å². The fraction of sp³-hybridized carbons (Fsp3) is 0.389. The first-order valence-electron chi connectivity index (χ1n) is 8.20. The van der Waals surface area contributed by atoms with Crippen molar-refractivity contribution < 1.29 is 19.5 Å². The molecule has 0 radical (unpaired) electrons. The minimum absolute atomic E-state index is 0.0692. The predicted molar refractivity (Wildman–Crippen MR) is 99.8 cm³/mol. The maximum Gasteiger partial charge on any atom is 0.261 e. The van der Waals surface area contributed by atoms with E-state index in [0.717, 1.165) is 10.5 Å². The van der Waals surface area contributed by atoms with Crippen LogP contribution < -0.4 is 15.5 Å². The molecule has 1 fully saturated rings. The molecule has 0 saturated carbocycles. The van der Waals surface area contributed by atoms with Crippen LogP contribution in [0.15, 0.2) is 29.3 Å². The molecule has 140 valence electrons. The standard InChI is InChI=1S/C18H22ClN3O4/c1-9(2)13-8-16(24)22(18(13)26)12-5-6-14(19)15(7-12)20-10(3)17(25)21-11(4)23/h5-7,10-11,20,23H,8H2,1-4H3,(H,21,25). The summed E-state index contributed by atoms with van der Waals surface area (Å²) < 4.78 is 0. The van der Waals surface area contributed by atoms with Crippen LogP contribution >= 0.6 is 11.6 Å². The smallest absolute Gasteiger partial charge is 0.261 e. The van der Waals surface area contributed by atoms with Gasteiger partial charge in [0.1, 0.15) is 12.3 Å². The van der Waals surface area contributed by atoms with E-state index in [1.807, 2.05) is 0 Å². The Morgan fingerprint density at radius 3 is 2.46 bits per heavy atom. The van der Waals surface area contributed by atoms with Crippen LogP contribution in [-0.4, -0.2) is 35.1 Å². The molecule has 1 aliphatic rings. The van der Waals surface area contributed by atoms with Gasteiger partial charge in [-0.15, -0.1) is 0 Å². The number of rotatable bonds is 5. The molecule has 2 rings (SSSR count). The Hall–Kier alpha value is -2.38. The molecule has 2 atom stereocenters. The van der Waals surface area contributed by atoms with Gasteiger partial charge in [-0.2, -0.15) is 0 Å². The number of hydrogen-bond acceptors (Lipinski definition) is 5. The van der Waals surface area contributed by atoms with Gasteiger partial charge in [-0.05, 0) is 45.9 Å². The first-order valence-corrected chi connectivity index (χ1v) is 8.57. The number of imide groups is 1. The van der Waals surface area contributed by atoms with Crippen molar-refractivity contribution in [3.05, 3.63) is 34.4 Å². The maximum atomic E-state index is 12.5. The van der Waals surface area contributed by atoms with E-state index in [1.165, 1.54) is 6.92 Å². The van der Waals surface area contributed by atoms with Gasteiger partial charge in [0, 0.05) is 5.57 Å². The van der Waals surface area contributed by atoms with E-state index in [4.69, 9.17) is 11.6 Å². The minimum Gasteiger partial charge on any atom is -0.374 e. The van der Waals surface area contributed by atoms with Crippen LogP contribution in [0.2, 0.25) is 5.02 Å². The van der Waals surface area contributed by atoms with E-state index in [9.17, 15) is 19.5 Å². The highest BCUT2D eigenvalue weighted by Crippen LogP contribution is 2.33. The molecule has 0 aromatic heterocycles. The Morgan fingerprint density at radius 2 is 1.92 bits per heavy atom. The number of halogens is 1. The number of nitrogens with one attached hydrogen (secondary N) is 2. The van der Waals surface area contributed by atoms with E-state index in [2.05, 4.69) is 10.6 Å². The second-order valence-corrected chi connectivity index (χ2v) is 6.81. The van der Waals surface area contributed by atoms with Crippen LogP contribution in [0.5, 0.6) is 0 Å². The second-order valence-electron chi connectivity index (χ2n) is 6.40. The molecule has 26 heavy (non-hydrogen) atoms. The molecule has 1 heterocycles. The molecule has 8 heteroatoms. The van der Waals surface area contributed by atoms with Crippen molar-refractivity contribution in [2.45, 2.75) is 46.4 Å². The van der Waals surface area contributed by atoms with E-state index in [-0.39, 0.29) is 18.2 Å². The number of carbonyl (C=O) groups excluding carboxylic acids is 3. The first-order chi connectivity index (χ1) is 12.1. The van der Waals surface area contributed by atoms with Crippen molar-refractivity contribution in [2.75, 3.05) is 10.2 Å². The highest BCUT2D eigenvalue weighted by atomic mass is 35.5. The molecular weight excluding hydrogens is 358 g/mol. The lowest BCUT2D eigenvalue weighted by Gasteiger charge is -2.20. The molecule has 1 aliphatic heterocycles. The molecule has 3 N–H and O–H groups in total. The Balaban J connectivity index is 2.28. The third-order valence-electron chi connectivity index (χ3n) is 3.97. The molecule has 0 bridgehead atoms. The van der Waals surface area contributed by atoms with Gasteiger partial charge in [0.15, 0.2) is 0 Å². The lowest BCUT2D eigenvalue weighted by Crippen LogP contribution is -2.42. The number of carbonyl (C=O) groups is 3. The molecular formula is C18H22ClN3O4. The molecule has 1 aromatic carbocycles. The maximum absolute atomic E-state index is 12.5. The Bertz CT molecular complexity index is 785. The summed E-state index contributed by atoms with van der Waals surface area (Å²) in [6, 6.07) is 4.01. The molecule has 0 spiro atoms. The highest BCUT2D eigenvalue weighted by molar-refractivity contribution is 6.34. The predicted octanol–water partition coefficient (Wildman–Crippen LogP) is 2.19. The zero-order valence-corrected chi connectivity index (χ0v) is 15.8. The van der Waals surface area contributed by atoms with Crippen LogP contribution in [0.1, 0.15) is 34.1 Å². The van der Waals surface area contributed by atoms with Crippen LogP contribution in [0.4, 0.5) is 11.4 Å². The topological polar surface area (TPSA) is 98.7 Å². The average molecular weight is 380 g/mol. The van der Waals surface area contributed by atoms with Crippen LogP contribution in [0.3, 0.4) is 0 Å². The number of aliphatic hydroxyl groups is 1. The van der Waals surface area contributed by atoms with Gasteiger partial charge >= 0.3 is 0 Å². The van der Waals surface area contributed by atoms with Crippen molar-refractivity contribution in [1.29, 1.82) is 0 Å². The molecule has 2 unspecified atom stereocenters. The normalized spacial score (nSPS) is 16.5. The summed E-state index contributed by atoms with van der Waals surface area (Å²) in [7, 11) is 0. The summed E-state index contributed by atoms with van der Waals surface area (Å²) in [5.41, 5.74) is 2.08. The number of anilines is 2. The highest BCUT2D eigenvalue weighted by Gasteiger charge is 2.35. The van der Waals surface area contributed by atoms with E-state index >= 15 is 0 Å². The van der Waals surface area contributed by atoms with Gasteiger partial charge in [-0.3, -0.25) is 14.4 Å². The number of nitrogens with zero attached hydrogens (tertiary/aromatic N) is 1. The van der Waals surface area contributed by atoms with Crippen LogP contribution in [0.25, 0.3) is 0 Å². The van der Waals surface area contributed by atoms with Crippen molar-refractivity contribution in [1.82, 2.24) is 5.32 Å². The molecule has 7 nitrogen and oxygen atoms in total. The quantitative estimate of drug-likeness (QED) is 0.414. The van der Waals surface area contributed by atoms with Gasteiger partial charge in [0.25, 0.3) is 5.91 Å². The second kappa shape index (κ2) is 7.88. The van der Waals surface area contributed by atoms with Gasteiger partial charge in [0.2, 0.25) is 11.8 Å². The SMILES string of the molecule is CC(C)=C1CC(=O)N(c2ccc(Cl)c(NC(C)C(=O)NC(C)O)c2)C1=O. The number of hydrogen-bond donors (Lipinski definition) is 3. The summed E-state index contributed by atoms with van der Waals surface area (Å²) in [4.78, 5) is 37.8. The Labute approximate surface area is 157 Å².